The average molecular weight is 468 g/mol. The highest BCUT2D eigenvalue weighted by molar-refractivity contribution is 7.80. The molecule has 0 bridgehead atoms. The molecule has 0 saturated heterocycles. The Labute approximate surface area is 201 Å². The van der Waals surface area contributed by atoms with E-state index < -0.39 is 0 Å². The van der Waals surface area contributed by atoms with Crippen molar-refractivity contribution in [1.82, 2.24) is 20.3 Å². The van der Waals surface area contributed by atoms with E-state index in [4.69, 9.17) is 17.0 Å². The van der Waals surface area contributed by atoms with E-state index in [0.29, 0.717) is 23.4 Å². The van der Waals surface area contributed by atoms with Gasteiger partial charge in [0.2, 0.25) is 0 Å². The standard InChI is InChI=1S/C26H21N5O2S/c1-2-33-20-13-11-19(12-14-20)31-29-23-15-10-18(16-24(23)30-31)27-26(34)28-25(32)22-9-5-7-17-6-3-4-8-21(17)22/h3-16H,2H2,1H3,(H2,27,28,32,34). The van der Waals surface area contributed by atoms with E-state index in [9.17, 15) is 4.79 Å². The predicted molar refractivity (Wildman–Crippen MR) is 138 cm³/mol. The van der Waals surface area contributed by atoms with E-state index in [0.717, 1.165) is 27.7 Å². The van der Waals surface area contributed by atoms with Gasteiger partial charge in [0.1, 0.15) is 16.8 Å². The molecule has 34 heavy (non-hydrogen) atoms. The number of anilines is 1. The lowest BCUT2D eigenvalue weighted by Crippen LogP contribution is -2.34. The summed E-state index contributed by atoms with van der Waals surface area (Å²) < 4.78 is 5.48. The molecule has 0 atom stereocenters. The van der Waals surface area contributed by atoms with Gasteiger partial charge in [0.15, 0.2) is 5.11 Å². The molecule has 8 heteroatoms. The minimum Gasteiger partial charge on any atom is -0.494 e. The van der Waals surface area contributed by atoms with Crippen molar-refractivity contribution in [2.24, 2.45) is 0 Å². The summed E-state index contributed by atoms with van der Waals surface area (Å²) in [6.07, 6.45) is 0. The minimum atomic E-state index is -0.267. The van der Waals surface area contributed by atoms with Crippen molar-refractivity contribution in [2.75, 3.05) is 11.9 Å². The van der Waals surface area contributed by atoms with Gasteiger partial charge in [-0.15, -0.1) is 10.2 Å². The molecule has 4 aromatic carbocycles. The van der Waals surface area contributed by atoms with Gasteiger partial charge < -0.3 is 10.1 Å². The van der Waals surface area contributed by atoms with Gasteiger partial charge in [-0.25, -0.2) is 0 Å². The number of carbonyl (C=O) groups excluding carboxylic acids is 1. The highest BCUT2D eigenvalue weighted by Crippen LogP contribution is 2.20. The molecule has 0 aliphatic carbocycles. The van der Waals surface area contributed by atoms with Crippen LogP contribution in [-0.2, 0) is 0 Å². The number of fused-ring (bicyclic) bond motifs is 2. The van der Waals surface area contributed by atoms with Crippen molar-refractivity contribution < 1.29 is 9.53 Å². The van der Waals surface area contributed by atoms with E-state index in [1.807, 2.05) is 85.8 Å². The number of aromatic nitrogens is 3. The van der Waals surface area contributed by atoms with Crippen LogP contribution in [0.25, 0.3) is 27.5 Å². The fourth-order valence-electron chi connectivity index (χ4n) is 3.71. The van der Waals surface area contributed by atoms with Crippen LogP contribution in [0.2, 0.25) is 0 Å². The summed E-state index contributed by atoms with van der Waals surface area (Å²) in [4.78, 5) is 14.4. The number of rotatable bonds is 5. The van der Waals surface area contributed by atoms with Gasteiger partial charge in [-0.2, -0.15) is 4.80 Å². The van der Waals surface area contributed by atoms with Crippen molar-refractivity contribution in [3.05, 3.63) is 90.5 Å². The molecule has 5 aromatic rings. The Balaban J connectivity index is 1.30. The molecule has 1 aromatic heterocycles. The lowest BCUT2D eigenvalue weighted by Gasteiger charge is -2.11. The Morgan fingerprint density at radius 3 is 2.53 bits per heavy atom. The maximum Gasteiger partial charge on any atom is 0.258 e. The molecule has 7 nitrogen and oxygen atoms in total. The first-order valence-electron chi connectivity index (χ1n) is 10.8. The van der Waals surface area contributed by atoms with E-state index in [2.05, 4.69) is 20.8 Å². The first-order valence-corrected chi connectivity index (χ1v) is 11.2. The molecule has 1 heterocycles. The first-order chi connectivity index (χ1) is 16.6. The number of hydrogen-bond donors (Lipinski definition) is 2. The van der Waals surface area contributed by atoms with Gasteiger partial charge in [0, 0.05) is 11.3 Å². The fourth-order valence-corrected chi connectivity index (χ4v) is 3.92. The smallest absolute Gasteiger partial charge is 0.258 e. The van der Waals surface area contributed by atoms with Crippen LogP contribution in [0.3, 0.4) is 0 Å². The predicted octanol–water partition coefficient (Wildman–Crippen LogP) is 5.10. The molecule has 1 amide bonds. The molecular weight excluding hydrogens is 446 g/mol. The zero-order valence-electron chi connectivity index (χ0n) is 18.4. The number of nitrogens with one attached hydrogen (secondary N) is 2. The van der Waals surface area contributed by atoms with Crippen LogP contribution in [0.4, 0.5) is 5.69 Å². The Morgan fingerprint density at radius 2 is 1.71 bits per heavy atom. The number of ether oxygens (including phenoxy) is 1. The molecule has 0 aliphatic rings. The third kappa shape index (κ3) is 4.44. The zero-order valence-corrected chi connectivity index (χ0v) is 19.2. The van der Waals surface area contributed by atoms with Crippen molar-refractivity contribution in [3.63, 3.8) is 0 Å². The van der Waals surface area contributed by atoms with Gasteiger partial charge in [0.25, 0.3) is 5.91 Å². The summed E-state index contributed by atoms with van der Waals surface area (Å²) in [5.41, 5.74) is 3.53. The lowest BCUT2D eigenvalue weighted by molar-refractivity contribution is 0.0979. The highest BCUT2D eigenvalue weighted by Gasteiger charge is 2.12. The number of amides is 1. The summed E-state index contributed by atoms with van der Waals surface area (Å²) >= 11 is 5.38. The lowest BCUT2D eigenvalue weighted by atomic mass is 10.0. The maximum absolute atomic E-state index is 12.8. The maximum atomic E-state index is 12.8. The SMILES string of the molecule is CCOc1ccc(-n2nc3ccc(NC(=S)NC(=O)c4cccc5ccccc45)cc3n2)cc1. The van der Waals surface area contributed by atoms with Gasteiger partial charge in [-0.05, 0) is 78.4 Å². The number of benzene rings is 4. The number of carbonyl (C=O) groups is 1. The molecule has 2 N–H and O–H groups in total. The normalized spacial score (nSPS) is 10.9. The van der Waals surface area contributed by atoms with Crippen LogP contribution in [0.1, 0.15) is 17.3 Å². The van der Waals surface area contributed by atoms with E-state index in [1.165, 1.54) is 0 Å². The van der Waals surface area contributed by atoms with Gasteiger partial charge in [-0.1, -0.05) is 36.4 Å². The quantitative estimate of drug-likeness (QED) is 0.350. The van der Waals surface area contributed by atoms with Crippen LogP contribution in [-0.4, -0.2) is 32.6 Å². The number of nitrogens with zero attached hydrogens (tertiary/aromatic N) is 3. The third-order valence-electron chi connectivity index (χ3n) is 5.28. The summed E-state index contributed by atoms with van der Waals surface area (Å²) in [7, 11) is 0. The van der Waals surface area contributed by atoms with Crippen molar-refractivity contribution in [2.45, 2.75) is 6.92 Å². The van der Waals surface area contributed by atoms with Crippen LogP contribution in [0.15, 0.2) is 84.9 Å². The minimum absolute atomic E-state index is 0.205. The van der Waals surface area contributed by atoms with Gasteiger partial charge in [0.05, 0.1) is 12.3 Å². The Hall–Kier alpha value is -4.30. The van der Waals surface area contributed by atoms with Crippen LogP contribution >= 0.6 is 12.2 Å². The Morgan fingerprint density at radius 1 is 0.941 bits per heavy atom. The molecule has 168 valence electrons. The van der Waals surface area contributed by atoms with Crippen molar-refractivity contribution >= 4 is 50.7 Å². The second kappa shape index (κ2) is 9.29. The fraction of sp³-hybridized carbons (Fsp3) is 0.0769. The summed E-state index contributed by atoms with van der Waals surface area (Å²) in [6.45, 7) is 2.56. The second-order valence-corrected chi connectivity index (χ2v) is 7.96. The first kappa shape index (κ1) is 21.5. The van der Waals surface area contributed by atoms with Gasteiger partial charge in [-0.3, -0.25) is 10.1 Å². The summed E-state index contributed by atoms with van der Waals surface area (Å²) in [6, 6.07) is 26.5. The van der Waals surface area contributed by atoms with Crippen LogP contribution in [0, 0.1) is 0 Å². The topological polar surface area (TPSA) is 81.1 Å². The Bertz CT molecular complexity index is 1510. The highest BCUT2D eigenvalue weighted by atomic mass is 32.1. The molecule has 0 saturated carbocycles. The summed E-state index contributed by atoms with van der Waals surface area (Å²) in [5, 5.41) is 17.0. The Kier molecular flexibility index (Phi) is 5.88. The van der Waals surface area contributed by atoms with E-state index >= 15 is 0 Å². The third-order valence-corrected chi connectivity index (χ3v) is 5.48. The largest absolute Gasteiger partial charge is 0.494 e. The van der Waals surface area contributed by atoms with Gasteiger partial charge >= 0.3 is 0 Å². The second-order valence-electron chi connectivity index (χ2n) is 7.55. The number of thiocarbonyl (C=S) groups is 1. The molecular formula is C26H21N5O2S. The van der Waals surface area contributed by atoms with E-state index in [1.54, 1.807) is 10.9 Å². The number of hydrogen-bond acceptors (Lipinski definition) is 5. The zero-order chi connectivity index (χ0) is 23.5. The van der Waals surface area contributed by atoms with Crippen LogP contribution in [0.5, 0.6) is 5.75 Å². The van der Waals surface area contributed by atoms with Crippen molar-refractivity contribution in [1.29, 1.82) is 0 Å². The summed E-state index contributed by atoms with van der Waals surface area (Å²) in [5.74, 6) is 0.533. The molecule has 0 radical (unpaired) electrons. The van der Waals surface area contributed by atoms with Crippen molar-refractivity contribution in [3.8, 4) is 11.4 Å². The molecule has 5 rings (SSSR count). The van der Waals surface area contributed by atoms with Crippen LogP contribution < -0.4 is 15.4 Å². The molecule has 0 fully saturated rings. The molecule has 0 unspecified atom stereocenters. The van der Waals surface area contributed by atoms with E-state index in [-0.39, 0.29) is 11.0 Å². The monoisotopic (exact) mass is 467 g/mol. The molecule has 0 spiro atoms. The average Bonchev–Trinajstić information content (AvgIpc) is 3.27. The molecule has 0 aliphatic heterocycles.